The monoisotopic (exact) mass is 591 g/mol. The van der Waals surface area contributed by atoms with E-state index in [4.69, 9.17) is 4.99 Å². The molecule has 3 aromatic rings. The van der Waals surface area contributed by atoms with Crippen molar-refractivity contribution >= 4 is 51.7 Å². The summed E-state index contributed by atoms with van der Waals surface area (Å²) < 4.78 is 41.3. The Morgan fingerprint density at radius 2 is 1.78 bits per heavy atom. The quantitative estimate of drug-likeness (QED) is 0.298. The summed E-state index contributed by atoms with van der Waals surface area (Å²) in [5.41, 5.74) is 2.20. The van der Waals surface area contributed by atoms with Crippen LogP contribution in [0.1, 0.15) is 29.2 Å². The number of aliphatic imine (C=N–C) groups is 1. The van der Waals surface area contributed by atoms with Gasteiger partial charge in [0.2, 0.25) is 0 Å². The van der Waals surface area contributed by atoms with E-state index in [2.05, 4.69) is 11.4 Å². The number of hydrogen-bond donors (Lipinski definition) is 1. The van der Waals surface area contributed by atoms with Crippen LogP contribution in [0.15, 0.2) is 93.1 Å². The van der Waals surface area contributed by atoms with Crippen molar-refractivity contribution in [2.45, 2.75) is 19.6 Å². The summed E-state index contributed by atoms with van der Waals surface area (Å²) >= 11 is 2.37. The number of amides is 1. The van der Waals surface area contributed by atoms with E-state index in [0.717, 1.165) is 11.6 Å². The number of thioether (sulfide) groups is 2. The topological polar surface area (TPSA) is 71.7 Å². The second-order valence-electron chi connectivity index (χ2n) is 9.10. The van der Waals surface area contributed by atoms with Gasteiger partial charge < -0.3 is 10.2 Å². The summed E-state index contributed by atoms with van der Waals surface area (Å²) in [5.74, 6) is -0.299. The van der Waals surface area contributed by atoms with Crippen LogP contribution in [-0.2, 0) is 17.5 Å². The molecule has 0 unspecified atom stereocenters. The number of nitrogens with one attached hydrogen (secondary N) is 1. The van der Waals surface area contributed by atoms with Crippen LogP contribution in [0, 0.1) is 11.3 Å². The molecule has 0 spiro atoms. The summed E-state index contributed by atoms with van der Waals surface area (Å²) in [6, 6.07) is 22.1. The minimum absolute atomic E-state index is 0.0414. The molecule has 1 fully saturated rings. The van der Waals surface area contributed by atoms with E-state index in [9.17, 15) is 23.2 Å². The molecule has 0 bridgehead atoms. The Morgan fingerprint density at radius 1 is 1.05 bits per heavy atom. The minimum Gasteiger partial charge on any atom is -0.384 e. The van der Waals surface area contributed by atoms with E-state index in [-0.39, 0.29) is 18.0 Å². The van der Waals surface area contributed by atoms with Gasteiger partial charge in [0, 0.05) is 24.6 Å². The molecular weight excluding hydrogens is 567 g/mol. The maximum atomic E-state index is 13.9. The summed E-state index contributed by atoms with van der Waals surface area (Å²) in [7, 11) is 1.66. The Labute approximate surface area is 244 Å². The number of rotatable bonds is 6. The lowest BCUT2D eigenvalue weighted by Gasteiger charge is -2.21. The number of nitriles is 1. The van der Waals surface area contributed by atoms with Crippen LogP contribution in [0.2, 0.25) is 0 Å². The molecular formula is C30H24F3N5OS2. The number of benzene rings is 3. The number of carbonyl (C=O) groups is 1. The molecule has 0 atom stereocenters. The van der Waals surface area contributed by atoms with Gasteiger partial charge in [-0.1, -0.05) is 60.3 Å². The summed E-state index contributed by atoms with van der Waals surface area (Å²) in [6.07, 6.45) is -4.52. The van der Waals surface area contributed by atoms with Crippen molar-refractivity contribution in [1.82, 2.24) is 9.80 Å². The fraction of sp³-hybridized carbons (Fsp3) is 0.167. The van der Waals surface area contributed by atoms with E-state index in [0.29, 0.717) is 44.3 Å². The lowest BCUT2D eigenvalue weighted by molar-refractivity contribution is -0.137. The minimum atomic E-state index is -4.52. The van der Waals surface area contributed by atoms with Crippen LogP contribution < -0.4 is 5.32 Å². The smallest absolute Gasteiger partial charge is 0.384 e. The SMILES string of the molecule is CCNc1ccc(C#N)cc1N=C1S/C(=C2\SC=C(c3ccccc3C(F)(F)F)N2C)C(=O)N1Cc1ccccc1. The van der Waals surface area contributed by atoms with Gasteiger partial charge in [0.25, 0.3) is 5.91 Å². The fourth-order valence-corrected chi connectivity index (χ4v) is 6.68. The second-order valence-corrected chi connectivity index (χ2v) is 10.9. The zero-order chi connectivity index (χ0) is 29.1. The molecule has 2 heterocycles. The average Bonchev–Trinajstić information content (AvgIpc) is 3.48. The Hall–Kier alpha value is -4.14. The molecule has 1 amide bonds. The lowest BCUT2D eigenvalue weighted by atomic mass is 10.0. The molecule has 3 aromatic carbocycles. The molecule has 208 valence electrons. The van der Waals surface area contributed by atoms with Crippen LogP contribution >= 0.6 is 23.5 Å². The first kappa shape index (κ1) is 28.4. The highest BCUT2D eigenvalue weighted by molar-refractivity contribution is 8.19. The molecule has 2 aliphatic rings. The third-order valence-corrected chi connectivity index (χ3v) is 8.65. The molecule has 11 heteroatoms. The Balaban J connectivity index is 1.56. The van der Waals surface area contributed by atoms with Crippen molar-refractivity contribution in [3.63, 3.8) is 0 Å². The van der Waals surface area contributed by atoms with Gasteiger partial charge in [-0.05, 0) is 48.5 Å². The standard InChI is InChI=1S/C30H24F3N5OS2/c1-3-35-23-14-13-20(16-34)15-24(23)36-29-38(17-19-9-5-4-6-10-19)27(39)26(41-29)28-37(2)25(18-40-28)21-11-7-8-12-22(21)30(31,32)33/h4-15,18,35H,3,17H2,1-2H3/b28-26-,36-29?. The van der Waals surface area contributed by atoms with E-state index in [1.54, 1.807) is 46.5 Å². The average molecular weight is 592 g/mol. The van der Waals surface area contributed by atoms with Crippen molar-refractivity contribution in [3.05, 3.63) is 110 Å². The normalized spacial score (nSPS) is 18.2. The molecule has 1 N–H and O–H groups in total. The second kappa shape index (κ2) is 11.8. The maximum Gasteiger partial charge on any atom is 0.417 e. The van der Waals surface area contributed by atoms with Crippen molar-refractivity contribution < 1.29 is 18.0 Å². The number of amidine groups is 1. The van der Waals surface area contributed by atoms with Crippen molar-refractivity contribution in [1.29, 1.82) is 5.26 Å². The summed E-state index contributed by atoms with van der Waals surface area (Å²) in [5, 5.41) is 15.3. The van der Waals surface area contributed by atoms with Gasteiger partial charge in [-0.25, -0.2) is 4.99 Å². The number of anilines is 1. The fourth-order valence-electron chi connectivity index (χ4n) is 4.44. The van der Waals surface area contributed by atoms with E-state index in [1.165, 1.54) is 35.7 Å². The predicted molar refractivity (Wildman–Crippen MR) is 159 cm³/mol. The van der Waals surface area contributed by atoms with E-state index < -0.39 is 11.7 Å². The first-order valence-electron chi connectivity index (χ1n) is 12.6. The number of alkyl halides is 3. The highest BCUT2D eigenvalue weighted by Crippen LogP contribution is 2.48. The van der Waals surface area contributed by atoms with Crippen LogP contribution in [0.3, 0.4) is 0 Å². The van der Waals surface area contributed by atoms with Crippen molar-refractivity contribution in [3.8, 4) is 6.07 Å². The number of carbonyl (C=O) groups excluding carboxylic acids is 1. The summed E-state index contributed by atoms with van der Waals surface area (Å²) in [6.45, 7) is 2.83. The molecule has 0 saturated carbocycles. The third-order valence-electron chi connectivity index (χ3n) is 6.41. The largest absolute Gasteiger partial charge is 0.417 e. The van der Waals surface area contributed by atoms with Crippen LogP contribution in [0.5, 0.6) is 0 Å². The molecule has 1 saturated heterocycles. The number of nitrogens with zero attached hydrogens (tertiary/aromatic N) is 4. The van der Waals surface area contributed by atoms with Crippen LogP contribution in [-0.4, -0.2) is 34.5 Å². The highest BCUT2D eigenvalue weighted by Gasteiger charge is 2.40. The Morgan fingerprint density at radius 3 is 2.49 bits per heavy atom. The van der Waals surface area contributed by atoms with Gasteiger partial charge in [0.05, 0.1) is 45.8 Å². The zero-order valence-corrected chi connectivity index (χ0v) is 23.7. The molecule has 41 heavy (non-hydrogen) atoms. The Bertz CT molecular complexity index is 1630. The van der Waals surface area contributed by atoms with E-state index >= 15 is 0 Å². The lowest BCUT2D eigenvalue weighted by Crippen LogP contribution is -2.29. The first-order valence-corrected chi connectivity index (χ1v) is 14.3. The molecule has 5 rings (SSSR count). The highest BCUT2D eigenvalue weighted by atomic mass is 32.2. The van der Waals surface area contributed by atoms with E-state index in [1.807, 2.05) is 37.3 Å². The predicted octanol–water partition coefficient (Wildman–Crippen LogP) is 7.62. The van der Waals surface area contributed by atoms with Crippen LogP contribution in [0.25, 0.3) is 5.70 Å². The molecule has 0 aliphatic carbocycles. The van der Waals surface area contributed by atoms with Gasteiger partial charge in [0.1, 0.15) is 4.91 Å². The molecule has 2 aliphatic heterocycles. The van der Waals surface area contributed by atoms with Gasteiger partial charge in [-0.15, -0.1) is 0 Å². The maximum absolute atomic E-state index is 13.9. The summed E-state index contributed by atoms with van der Waals surface area (Å²) in [4.78, 5) is 22.3. The molecule has 0 radical (unpaired) electrons. The third kappa shape index (κ3) is 5.85. The van der Waals surface area contributed by atoms with Gasteiger partial charge >= 0.3 is 6.18 Å². The molecule has 0 aromatic heterocycles. The number of hydrogen-bond acceptors (Lipinski definition) is 7. The first-order chi connectivity index (χ1) is 19.7. The van der Waals surface area contributed by atoms with Crippen molar-refractivity contribution in [2.24, 2.45) is 4.99 Å². The van der Waals surface area contributed by atoms with Gasteiger partial charge in [0.15, 0.2) is 5.17 Å². The zero-order valence-electron chi connectivity index (χ0n) is 22.1. The molecule has 6 nitrogen and oxygen atoms in total. The Kier molecular flexibility index (Phi) is 8.15. The van der Waals surface area contributed by atoms with Gasteiger partial charge in [-0.2, -0.15) is 18.4 Å². The van der Waals surface area contributed by atoms with Crippen LogP contribution in [0.4, 0.5) is 24.5 Å². The van der Waals surface area contributed by atoms with Gasteiger partial charge in [-0.3, -0.25) is 9.69 Å². The van der Waals surface area contributed by atoms with Crippen molar-refractivity contribution in [2.75, 3.05) is 18.9 Å². The number of halogens is 3.